The van der Waals surface area contributed by atoms with Gasteiger partial charge in [0.15, 0.2) is 5.65 Å². The predicted octanol–water partition coefficient (Wildman–Crippen LogP) is 1.95. The Balaban J connectivity index is 1.50. The summed E-state index contributed by atoms with van der Waals surface area (Å²) in [4.78, 5) is 18.7. The van der Waals surface area contributed by atoms with Crippen LogP contribution < -0.4 is 0 Å². The molecule has 2 aromatic heterocycles. The first-order valence-electron chi connectivity index (χ1n) is 8.05. The van der Waals surface area contributed by atoms with Gasteiger partial charge in [-0.25, -0.2) is 4.98 Å². The lowest BCUT2D eigenvalue weighted by molar-refractivity contribution is 0.0378. The summed E-state index contributed by atoms with van der Waals surface area (Å²) in [7, 11) is 0. The minimum Gasteiger partial charge on any atom is -0.391 e. The van der Waals surface area contributed by atoms with Crippen molar-refractivity contribution in [3.63, 3.8) is 0 Å². The van der Waals surface area contributed by atoms with E-state index in [0.717, 1.165) is 17.4 Å². The molecule has 24 heavy (non-hydrogen) atoms. The third-order valence-electron chi connectivity index (χ3n) is 4.62. The van der Waals surface area contributed by atoms with Crippen LogP contribution >= 0.6 is 0 Å². The second kappa shape index (κ2) is 6.05. The van der Waals surface area contributed by atoms with Crippen molar-refractivity contribution in [3.05, 3.63) is 59.9 Å². The van der Waals surface area contributed by atoms with Crippen LogP contribution in [0.2, 0.25) is 0 Å². The maximum atomic E-state index is 12.7. The molecule has 0 radical (unpaired) electrons. The van der Waals surface area contributed by atoms with E-state index in [9.17, 15) is 9.90 Å². The molecule has 4 rings (SSSR count). The van der Waals surface area contributed by atoms with Crippen molar-refractivity contribution in [3.8, 4) is 0 Å². The zero-order chi connectivity index (χ0) is 16.5. The number of carbonyl (C=O) groups is 1. The van der Waals surface area contributed by atoms with Crippen molar-refractivity contribution >= 4 is 16.9 Å². The molecule has 1 saturated heterocycles. The lowest BCUT2D eigenvalue weighted by atomic mass is 9.87. The van der Waals surface area contributed by atoms with E-state index >= 15 is 0 Å². The molecule has 0 bridgehead atoms. The number of H-pyrrole nitrogens is 1. The molecule has 2 atom stereocenters. The molecule has 1 amide bonds. The number of nitrogens with zero attached hydrogens (tertiary/aromatic N) is 3. The molecule has 0 saturated carbocycles. The molecule has 1 aromatic carbocycles. The number of aliphatic hydroxyl groups is 1. The van der Waals surface area contributed by atoms with Crippen LogP contribution in [0, 0.1) is 0 Å². The quantitative estimate of drug-likeness (QED) is 0.755. The first-order chi connectivity index (χ1) is 11.7. The Bertz CT molecular complexity index is 862. The first-order valence-corrected chi connectivity index (χ1v) is 8.05. The molecular formula is C18H18N4O2. The van der Waals surface area contributed by atoms with Crippen LogP contribution in [0.4, 0.5) is 0 Å². The number of aromatic amines is 1. The average Bonchev–Trinajstić information content (AvgIpc) is 3.09. The minimum absolute atomic E-state index is 0.0679. The van der Waals surface area contributed by atoms with Crippen molar-refractivity contribution in [1.29, 1.82) is 0 Å². The lowest BCUT2D eigenvalue weighted by Crippen LogP contribution is -2.45. The topological polar surface area (TPSA) is 82.1 Å². The van der Waals surface area contributed by atoms with Gasteiger partial charge >= 0.3 is 0 Å². The number of carbonyl (C=O) groups excluding carboxylic acids is 1. The molecule has 3 heterocycles. The second-order valence-electron chi connectivity index (χ2n) is 6.13. The van der Waals surface area contributed by atoms with Gasteiger partial charge in [-0.1, -0.05) is 30.3 Å². The zero-order valence-corrected chi connectivity index (χ0v) is 13.1. The first kappa shape index (κ1) is 14.8. The van der Waals surface area contributed by atoms with Crippen LogP contribution in [0.1, 0.15) is 28.4 Å². The summed E-state index contributed by atoms with van der Waals surface area (Å²) in [6.45, 7) is 0.930. The number of rotatable bonds is 2. The monoisotopic (exact) mass is 322 g/mol. The Morgan fingerprint density at radius 1 is 1.21 bits per heavy atom. The van der Waals surface area contributed by atoms with Crippen molar-refractivity contribution in [2.75, 3.05) is 13.1 Å². The number of hydrogen-bond donors (Lipinski definition) is 2. The molecular weight excluding hydrogens is 304 g/mol. The number of pyridine rings is 1. The van der Waals surface area contributed by atoms with Gasteiger partial charge in [-0.05, 0) is 24.1 Å². The molecule has 0 spiro atoms. The van der Waals surface area contributed by atoms with Gasteiger partial charge in [0.05, 0.1) is 12.3 Å². The van der Waals surface area contributed by atoms with Gasteiger partial charge in [-0.3, -0.25) is 9.89 Å². The summed E-state index contributed by atoms with van der Waals surface area (Å²) >= 11 is 0. The van der Waals surface area contributed by atoms with E-state index in [0.29, 0.717) is 24.4 Å². The van der Waals surface area contributed by atoms with Crippen LogP contribution in [0.5, 0.6) is 0 Å². The van der Waals surface area contributed by atoms with Gasteiger partial charge in [0.2, 0.25) is 0 Å². The summed E-state index contributed by atoms with van der Waals surface area (Å²) in [6, 6.07) is 13.5. The van der Waals surface area contributed by atoms with E-state index in [-0.39, 0.29) is 11.8 Å². The fraction of sp³-hybridized carbons (Fsp3) is 0.278. The van der Waals surface area contributed by atoms with Gasteiger partial charge in [0.25, 0.3) is 5.91 Å². The average molecular weight is 322 g/mol. The van der Waals surface area contributed by atoms with Crippen LogP contribution in [0.3, 0.4) is 0 Å². The standard InChI is InChI=1S/C18H18N4O2/c23-16-11-22(9-8-14(16)12-4-2-1-3-5-12)18(24)15-7-6-13-10-19-21-17(13)20-15/h1-7,10,14,16,23H,8-9,11H2,(H,19,20,21)/t14-,16+/m0/s1. The molecule has 1 aliphatic rings. The number of likely N-dealkylation sites (tertiary alicyclic amines) is 1. The van der Waals surface area contributed by atoms with Crippen molar-refractivity contribution in [1.82, 2.24) is 20.1 Å². The van der Waals surface area contributed by atoms with Crippen molar-refractivity contribution < 1.29 is 9.90 Å². The number of amides is 1. The van der Waals surface area contributed by atoms with Gasteiger partial charge in [0, 0.05) is 24.4 Å². The Morgan fingerprint density at radius 2 is 2.04 bits per heavy atom. The van der Waals surface area contributed by atoms with E-state index in [4.69, 9.17) is 0 Å². The predicted molar refractivity (Wildman–Crippen MR) is 89.6 cm³/mol. The molecule has 1 aliphatic heterocycles. The highest BCUT2D eigenvalue weighted by Crippen LogP contribution is 2.28. The number of aromatic nitrogens is 3. The molecule has 6 heteroatoms. The highest BCUT2D eigenvalue weighted by molar-refractivity contribution is 5.94. The largest absolute Gasteiger partial charge is 0.391 e. The number of aliphatic hydroxyl groups excluding tert-OH is 1. The van der Waals surface area contributed by atoms with Crippen LogP contribution in [0.25, 0.3) is 11.0 Å². The smallest absolute Gasteiger partial charge is 0.272 e. The third-order valence-corrected chi connectivity index (χ3v) is 4.62. The highest BCUT2D eigenvalue weighted by atomic mass is 16.3. The number of benzene rings is 1. The van der Waals surface area contributed by atoms with E-state index in [2.05, 4.69) is 15.2 Å². The summed E-state index contributed by atoms with van der Waals surface area (Å²) in [5.41, 5.74) is 2.09. The van der Waals surface area contributed by atoms with E-state index in [1.165, 1.54) is 0 Å². The minimum atomic E-state index is -0.569. The van der Waals surface area contributed by atoms with Crippen molar-refractivity contribution in [2.24, 2.45) is 0 Å². The fourth-order valence-corrected chi connectivity index (χ4v) is 3.31. The third kappa shape index (κ3) is 2.65. The molecule has 2 N–H and O–H groups in total. The number of nitrogens with one attached hydrogen (secondary N) is 1. The summed E-state index contributed by atoms with van der Waals surface area (Å²) in [6.07, 6.45) is 1.84. The molecule has 3 aromatic rings. The Morgan fingerprint density at radius 3 is 2.83 bits per heavy atom. The number of hydrogen-bond acceptors (Lipinski definition) is 4. The fourth-order valence-electron chi connectivity index (χ4n) is 3.31. The number of β-amino-alcohol motifs (C(OH)–C–C–N with tert-alkyl or cyclic N) is 1. The Labute approximate surface area is 139 Å². The maximum absolute atomic E-state index is 12.7. The molecule has 0 unspecified atom stereocenters. The van der Waals surface area contributed by atoms with Gasteiger partial charge in [-0.2, -0.15) is 5.10 Å². The van der Waals surface area contributed by atoms with E-state index in [1.807, 2.05) is 36.4 Å². The molecule has 0 aliphatic carbocycles. The van der Waals surface area contributed by atoms with Crippen LogP contribution in [-0.2, 0) is 0 Å². The Kier molecular flexibility index (Phi) is 3.74. The van der Waals surface area contributed by atoms with Crippen LogP contribution in [0.15, 0.2) is 48.7 Å². The van der Waals surface area contributed by atoms with Gasteiger partial charge in [-0.15, -0.1) is 0 Å². The molecule has 6 nitrogen and oxygen atoms in total. The number of piperidine rings is 1. The Hall–Kier alpha value is -2.73. The lowest BCUT2D eigenvalue weighted by Gasteiger charge is -2.36. The maximum Gasteiger partial charge on any atom is 0.272 e. The second-order valence-corrected chi connectivity index (χ2v) is 6.13. The van der Waals surface area contributed by atoms with E-state index < -0.39 is 6.10 Å². The summed E-state index contributed by atoms with van der Waals surface area (Å²) in [5.74, 6) is -0.0876. The number of fused-ring (bicyclic) bond motifs is 1. The van der Waals surface area contributed by atoms with Gasteiger partial charge < -0.3 is 10.0 Å². The summed E-state index contributed by atoms with van der Waals surface area (Å²) in [5, 5.41) is 18.1. The normalized spacial score (nSPS) is 21.1. The van der Waals surface area contributed by atoms with Crippen molar-refractivity contribution in [2.45, 2.75) is 18.4 Å². The summed E-state index contributed by atoms with van der Waals surface area (Å²) < 4.78 is 0. The highest BCUT2D eigenvalue weighted by Gasteiger charge is 2.31. The zero-order valence-electron chi connectivity index (χ0n) is 13.1. The van der Waals surface area contributed by atoms with Crippen LogP contribution in [-0.4, -0.2) is 50.3 Å². The molecule has 122 valence electrons. The van der Waals surface area contributed by atoms with E-state index in [1.54, 1.807) is 17.2 Å². The molecule has 1 fully saturated rings. The van der Waals surface area contributed by atoms with Gasteiger partial charge in [0.1, 0.15) is 5.69 Å². The SMILES string of the molecule is O=C(c1ccc2cn[nH]c2n1)N1CC[C@@H](c2ccccc2)[C@H](O)C1.